The van der Waals surface area contributed by atoms with Gasteiger partial charge in [-0.25, -0.2) is 0 Å². The fourth-order valence-electron chi connectivity index (χ4n) is 3.86. The Bertz CT molecular complexity index is 418. The lowest BCUT2D eigenvalue weighted by Crippen LogP contribution is -2.69. The van der Waals surface area contributed by atoms with Crippen LogP contribution in [0, 0.1) is 11.3 Å². The number of rotatable bonds is 4. The van der Waals surface area contributed by atoms with E-state index in [1.165, 1.54) is 18.4 Å². The molecule has 0 bridgehead atoms. The molecular weight excluding hydrogens is 236 g/mol. The summed E-state index contributed by atoms with van der Waals surface area (Å²) in [6.45, 7) is 6.67. The standard InChI is InChI=1S/C16H24N2O/c1-16(2)14(13-4-3-11-19-15(13)16)18-10-7-12-5-8-17-9-6-12/h5-6,8-9,13-15,18H,3-4,7,10-11H2,1-2H3. The Labute approximate surface area is 115 Å². The molecule has 1 aliphatic heterocycles. The molecule has 3 rings (SSSR count). The van der Waals surface area contributed by atoms with E-state index in [1.54, 1.807) is 0 Å². The van der Waals surface area contributed by atoms with Crippen LogP contribution in [0.1, 0.15) is 32.3 Å². The zero-order valence-corrected chi connectivity index (χ0v) is 11.9. The molecule has 0 aromatic carbocycles. The van der Waals surface area contributed by atoms with E-state index in [0.29, 0.717) is 12.1 Å². The summed E-state index contributed by atoms with van der Waals surface area (Å²) in [5, 5.41) is 3.76. The second-order valence-corrected chi connectivity index (χ2v) is 6.46. The van der Waals surface area contributed by atoms with Gasteiger partial charge in [-0.1, -0.05) is 13.8 Å². The molecule has 2 heterocycles. The van der Waals surface area contributed by atoms with Gasteiger partial charge in [-0.15, -0.1) is 0 Å². The average Bonchev–Trinajstić information content (AvgIpc) is 2.44. The molecule has 1 saturated carbocycles. The van der Waals surface area contributed by atoms with Crippen molar-refractivity contribution in [3.8, 4) is 0 Å². The molecule has 1 saturated heterocycles. The molecule has 0 radical (unpaired) electrons. The van der Waals surface area contributed by atoms with Crippen LogP contribution in [0.5, 0.6) is 0 Å². The topological polar surface area (TPSA) is 34.2 Å². The Kier molecular flexibility index (Phi) is 3.59. The van der Waals surface area contributed by atoms with Gasteiger partial charge in [0.1, 0.15) is 0 Å². The van der Waals surface area contributed by atoms with Gasteiger partial charge < -0.3 is 10.1 Å². The third-order valence-corrected chi connectivity index (χ3v) is 4.86. The molecule has 3 unspecified atom stereocenters. The van der Waals surface area contributed by atoms with Crippen molar-refractivity contribution < 1.29 is 4.74 Å². The van der Waals surface area contributed by atoms with Crippen LogP contribution in [0.15, 0.2) is 24.5 Å². The lowest BCUT2D eigenvalue weighted by atomic mass is 9.55. The van der Waals surface area contributed by atoms with Crippen LogP contribution in [0.25, 0.3) is 0 Å². The van der Waals surface area contributed by atoms with E-state index in [1.807, 2.05) is 12.4 Å². The molecule has 104 valence electrons. The molecule has 1 aliphatic carbocycles. The summed E-state index contributed by atoms with van der Waals surface area (Å²) in [5.41, 5.74) is 1.64. The van der Waals surface area contributed by atoms with Gasteiger partial charge in [0.2, 0.25) is 0 Å². The number of nitrogens with zero attached hydrogens (tertiary/aromatic N) is 1. The minimum absolute atomic E-state index is 0.281. The number of fused-ring (bicyclic) bond motifs is 1. The minimum atomic E-state index is 0.281. The van der Waals surface area contributed by atoms with E-state index in [2.05, 4.69) is 36.3 Å². The van der Waals surface area contributed by atoms with Crippen molar-refractivity contribution >= 4 is 0 Å². The van der Waals surface area contributed by atoms with Crippen LogP contribution >= 0.6 is 0 Å². The van der Waals surface area contributed by atoms with Gasteiger partial charge in [-0.05, 0) is 43.5 Å². The van der Waals surface area contributed by atoms with E-state index in [-0.39, 0.29) is 5.41 Å². The number of hydrogen-bond acceptors (Lipinski definition) is 3. The fourth-order valence-corrected chi connectivity index (χ4v) is 3.86. The predicted octanol–water partition coefficient (Wildman–Crippen LogP) is 2.42. The molecule has 2 aliphatic rings. The Morgan fingerprint density at radius 2 is 2.16 bits per heavy atom. The van der Waals surface area contributed by atoms with Gasteiger partial charge in [0.25, 0.3) is 0 Å². The molecule has 1 N–H and O–H groups in total. The Balaban J connectivity index is 1.52. The summed E-state index contributed by atoms with van der Waals surface area (Å²) >= 11 is 0. The molecule has 3 nitrogen and oxygen atoms in total. The van der Waals surface area contributed by atoms with Gasteiger partial charge in [0, 0.05) is 36.4 Å². The maximum atomic E-state index is 5.94. The third kappa shape index (κ3) is 2.41. The molecule has 0 amide bonds. The van der Waals surface area contributed by atoms with Crippen LogP contribution in [-0.2, 0) is 11.2 Å². The maximum absolute atomic E-state index is 5.94. The van der Waals surface area contributed by atoms with Crippen LogP contribution in [0.4, 0.5) is 0 Å². The van der Waals surface area contributed by atoms with Gasteiger partial charge in [-0.3, -0.25) is 4.98 Å². The van der Waals surface area contributed by atoms with Crippen LogP contribution in [0.2, 0.25) is 0 Å². The zero-order valence-electron chi connectivity index (χ0n) is 11.9. The number of ether oxygens (including phenoxy) is 1. The quantitative estimate of drug-likeness (QED) is 0.903. The largest absolute Gasteiger partial charge is 0.377 e. The highest BCUT2D eigenvalue weighted by Crippen LogP contribution is 2.51. The van der Waals surface area contributed by atoms with E-state index in [4.69, 9.17) is 4.74 Å². The summed E-state index contributed by atoms with van der Waals surface area (Å²) in [4.78, 5) is 4.06. The third-order valence-electron chi connectivity index (χ3n) is 4.86. The van der Waals surface area contributed by atoms with Gasteiger partial charge in [0.05, 0.1) is 6.10 Å². The van der Waals surface area contributed by atoms with Crippen molar-refractivity contribution in [2.45, 2.75) is 45.3 Å². The summed E-state index contributed by atoms with van der Waals surface area (Å²) in [5.74, 6) is 0.723. The summed E-state index contributed by atoms with van der Waals surface area (Å²) in [7, 11) is 0. The van der Waals surface area contributed by atoms with Crippen molar-refractivity contribution in [3.05, 3.63) is 30.1 Å². The molecule has 19 heavy (non-hydrogen) atoms. The monoisotopic (exact) mass is 260 g/mol. The van der Waals surface area contributed by atoms with Crippen molar-refractivity contribution in [2.75, 3.05) is 13.2 Å². The molecular formula is C16H24N2O. The number of pyridine rings is 1. The lowest BCUT2D eigenvalue weighted by molar-refractivity contribution is -0.192. The van der Waals surface area contributed by atoms with Gasteiger partial charge >= 0.3 is 0 Å². The first-order valence-electron chi connectivity index (χ1n) is 7.43. The Morgan fingerprint density at radius 3 is 2.95 bits per heavy atom. The number of hydrogen-bond donors (Lipinski definition) is 1. The Morgan fingerprint density at radius 1 is 1.37 bits per heavy atom. The van der Waals surface area contributed by atoms with Crippen molar-refractivity contribution in [3.63, 3.8) is 0 Å². The minimum Gasteiger partial charge on any atom is -0.377 e. The number of aromatic nitrogens is 1. The van der Waals surface area contributed by atoms with E-state index in [9.17, 15) is 0 Å². The van der Waals surface area contributed by atoms with E-state index >= 15 is 0 Å². The zero-order chi connectivity index (χ0) is 13.3. The first-order valence-corrected chi connectivity index (χ1v) is 7.43. The van der Waals surface area contributed by atoms with Gasteiger partial charge in [0.15, 0.2) is 0 Å². The SMILES string of the molecule is CC1(C)C(NCCc2ccncc2)C2CCCOC21. The molecule has 2 fully saturated rings. The first-order chi connectivity index (χ1) is 9.19. The number of nitrogens with one attached hydrogen (secondary N) is 1. The second-order valence-electron chi connectivity index (χ2n) is 6.46. The highest BCUT2D eigenvalue weighted by Gasteiger charge is 2.57. The van der Waals surface area contributed by atoms with Crippen molar-refractivity contribution in [1.82, 2.24) is 10.3 Å². The second kappa shape index (κ2) is 5.22. The van der Waals surface area contributed by atoms with Crippen LogP contribution in [-0.4, -0.2) is 30.3 Å². The molecule has 3 heteroatoms. The normalized spacial score (nSPS) is 32.4. The highest BCUT2D eigenvalue weighted by atomic mass is 16.5. The highest BCUT2D eigenvalue weighted by molar-refractivity contribution is 5.12. The summed E-state index contributed by atoms with van der Waals surface area (Å²) in [6, 6.07) is 4.81. The molecule has 1 aromatic heterocycles. The fraction of sp³-hybridized carbons (Fsp3) is 0.688. The summed E-state index contributed by atoms with van der Waals surface area (Å²) < 4.78 is 5.94. The van der Waals surface area contributed by atoms with E-state index < -0.39 is 0 Å². The van der Waals surface area contributed by atoms with E-state index in [0.717, 1.165) is 25.5 Å². The van der Waals surface area contributed by atoms with Gasteiger partial charge in [-0.2, -0.15) is 0 Å². The lowest BCUT2D eigenvalue weighted by Gasteiger charge is -2.60. The maximum Gasteiger partial charge on any atom is 0.0684 e. The molecule has 0 spiro atoms. The van der Waals surface area contributed by atoms with Crippen molar-refractivity contribution in [1.29, 1.82) is 0 Å². The Hall–Kier alpha value is -0.930. The molecule has 3 atom stereocenters. The van der Waals surface area contributed by atoms with Crippen LogP contribution < -0.4 is 5.32 Å². The smallest absolute Gasteiger partial charge is 0.0684 e. The first kappa shape index (κ1) is 13.1. The molecule has 1 aromatic rings. The van der Waals surface area contributed by atoms with Crippen LogP contribution in [0.3, 0.4) is 0 Å². The summed E-state index contributed by atoms with van der Waals surface area (Å²) in [6.07, 6.45) is 7.83. The predicted molar refractivity (Wildman–Crippen MR) is 76.0 cm³/mol. The average molecular weight is 260 g/mol. The van der Waals surface area contributed by atoms with Crippen molar-refractivity contribution in [2.24, 2.45) is 11.3 Å².